The Labute approximate surface area is 91.1 Å². The predicted molar refractivity (Wildman–Crippen MR) is 63.6 cm³/mol. The molecule has 4 heteroatoms. The van der Waals surface area contributed by atoms with E-state index in [-0.39, 0.29) is 0 Å². The molecule has 0 heterocycles. The van der Waals surface area contributed by atoms with E-state index in [9.17, 15) is 8.42 Å². The highest BCUT2D eigenvalue weighted by atomic mass is 32.2. The lowest BCUT2D eigenvalue weighted by Gasteiger charge is -2.20. The van der Waals surface area contributed by atoms with Crippen LogP contribution in [0, 0.1) is 6.92 Å². The van der Waals surface area contributed by atoms with Gasteiger partial charge in [0.1, 0.15) is 0 Å². The number of benzene rings is 1. The van der Waals surface area contributed by atoms with Gasteiger partial charge in [0, 0.05) is 0 Å². The van der Waals surface area contributed by atoms with Crippen molar-refractivity contribution in [2.45, 2.75) is 6.92 Å². The standard InChI is InChI=1S/C11H15NO2S/c1-4-8-12(15(3,13)14)11-7-5-6-10(2)9-11/h4-7,9H,1,8H2,2-3H3. The second-order valence-corrected chi connectivity index (χ2v) is 5.33. The van der Waals surface area contributed by atoms with Crippen LogP contribution in [0.4, 0.5) is 5.69 Å². The van der Waals surface area contributed by atoms with E-state index >= 15 is 0 Å². The van der Waals surface area contributed by atoms with Crippen molar-refractivity contribution in [3.05, 3.63) is 42.5 Å². The molecule has 15 heavy (non-hydrogen) atoms. The third kappa shape index (κ3) is 3.09. The smallest absolute Gasteiger partial charge is 0.232 e. The van der Waals surface area contributed by atoms with Gasteiger partial charge in [-0.15, -0.1) is 6.58 Å². The number of rotatable bonds is 4. The Morgan fingerprint density at radius 3 is 2.60 bits per heavy atom. The number of hydrogen-bond donors (Lipinski definition) is 0. The molecule has 0 atom stereocenters. The first-order chi connectivity index (χ1) is 6.95. The molecule has 0 fully saturated rings. The number of anilines is 1. The topological polar surface area (TPSA) is 37.4 Å². The summed E-state index contributed by atoms with van der Waals surface area (Å²) in [5.41, 5.74) is 1.71. The van der Waals surface area contributed by atoms with E-state index in [0.717, 1.165) is 5.56 Å². The molecule has 1 aromatic rings. The van der Waals surface area contributed by atoms with Gasteiger partial charge in [0.25, 0.3) is 0 Å². The highest BCUT2D eigenvalue weighted by Gasteiger charge is 2.15. The van der Waals surface area contributed by atoms with Crippen molar-refractivity contribution in [2.75, 3.05) is 17.1 Å². The zero-order chi connectivity index (χ0) is 11.5. The van der Waals surface area contributed by atoms with Crippen molar-refractivity contribution in [3.8, 4) is 0 Å². The Kier molecular flexibility index (Phi) is 3.52. The van der Waals surface area contributed by atoms with Crippen LogP contribution in [-0.2, 0) is 10.0 Å². The zero-order valence-corrected chi connectivity index (χ0v) is 9.79. The fourth-order valence-electron chi connectivity index (χ4n) is 1.33. The molecule has 0 saturated heterocycles. The van der Waals surface area contributed by atoms with E-state index in [1.165, 1.54) is 10.6 Å². The summed E-state index contributed by atoms with van der Waals surface area (Å²) in [5.74, 6) is 0. The van der Waals surface area contributed by atoms with E-state index in [1.54, 1.807) is 12.1 Å². The highest BCUT2D eigenvalue weighted by Crippen LogP contribution is 2.18. The van der Waals surface area contributed by atoms with Crippen molar-refractivity contribution < 1.29 is 8.42 Å². The highest BCUT2D eigenvalue weighted by molar-refractivity contribution is 7.92. The predicted octanol–water partition coefficient (Wildman–Crippen LogP) is 1.95. The second-order valence-electron chi connectivity index (χ2n) is 3.42. The largest absolute Gasteiger partial charge is 0.267 e. The minimum atomic E-state index is -3.23. The van der Waals surface area contributed by atoms with E-state index < -0.39 is 10.0 Å². The Morgan fingerprint density at radius 2 is 2.13 bits per heavy atom. The summed E-state index contributed by atoms with van der Waals surface area (Å²) < 4.78 is 24.3. The monoisotopic (exact) mass is 225 g/mol. The Bertz CT molecular complexity index is 451. The van der Waals surface area contributed by atoms with Crippen molar-refractivity contribution in [1.82, 2.24) is 0 Å². The zero-order valence-electron chi connectivity index (χ0n) is 8.97. The molecule has 0 aromatic heterocycles. The molecular formula is C11H15NO2S. The van der Waals surface area contributed by atoms with Crippen LogP contribution in [0.25, 0.3) is 0 Å². The number of aryl methyl sites for hydroxylation is 1. The first kappa shape index (κ1) is 11.8. The Morgan fingerprint density at radius 1 is 1.47 bits per heavy atom. The lowest BCUT2D eigenvalue weighted by atomic mass is 10.2. The van der Waals surface area contributed by atoms with Crippen LogP contribution in [0.15, 0.2) is 36.9 Å². The molecule has 0 unspecified atom stereocenters. The normalized spacial score (nSPS) is 11.1. The maximum absolute atomic E-state index is 11.5. The first-order valence-electron chi connectivity index (χ1n) is 4.60. The minimum Gasteiger partial charge on any atom is -0.267 e. The van der Waals surface area contributed by atoms with E-state index in [0.29, 0.717) is 12.2 Å². The maximum atomic E-state index is 11.5. The van der Waals surface area contributed by atoms with Gasteiger partial charge >= 0.3 is 0 Å². The molecular weight excluding hydrogens is 210 g/mol. The molecule has 82 valence electrons. The number of hydrogen-bond acceptors (Lipinski definition) is 2. The molecule has 0 aliphatic carbocycles. The van der Waals surface area contributed by atoms with Crippen molar-refractivity contribution in [1.29, 1.82) is 0 Å². The fourth-order valence-corrected chi connectivity index (χ4v) is 2.21. The molecule has 0 aliphatic heterocycles. The second kappa shape index (κ2) is 4.49. The van der Waals surface area contributed by atoms with Crippen LogP contribution >= 0.6 is 0 Å². The molecule has 0 spiro atoms. The molecule has 3 nitrogen and oxygen atoms in total. The van der Waals surface area contributed by atoms with Gasteiger partial charge in [-0.25, -0.2) is 8.42 Å². The third-order valence-electron chi connectivity index (χ3n) is 1.98. The average Bonchev–Trinajstić information content (AvgIpc) is 2.12. The van der Waals surface area contributed by atoms with Gasteiger partial charge in [0.15, 0.2) is 0 Å². The number of sulfonamides is 1. The van der Waals surface area contributed by atoms with Crippen LogP contribution in [-0.4, -0.2) is 21.2 Å². The van der Waals surface area contributed by atoms with Crippen LogP contribution < -0.4 is 4.31 Å². The van der Waals surface area contributed by atoms with Gasteiger partial charge in [0.2, 0.25) is 10.0 Å². The summed E-state index contributed by atoms with van der Waals surface area (Å²) in [4.78, 5) is 0. The van der Waals surface area contributed by atoms with Crippen LogP contribution in [0.3, 0.4) is 0 Å². The van der Waals surface area contributed by atoms with Crippen LogP contribution in [0.1, 0.15) is 5.56 Å². The summed E-state index contributed by atoms with van der Waals surface area (Å²) in [6.45, 7) is 5.78. The van der Waals surface area contributed by atoms with Gasteiger partial charge in [-0.2, -0.15) is 0 Å². The van der Waals surface area contributed by atoms with Crippen molar-refractivity contribution in [3.63, 3.8) is 0 Å². The van der Waals surface area contributed by atoms with Crippen molar-refractivity contribution in [2.24, 2.45) is 0 Å². The van der Waals surface area contributed by atoms with Crippen molar-refractivity contribution >= 4 is 15.7 Å². The molecule has 0 aliphatic rings. The van der Waals surface area contributed by atoms with E-state index in [4.69, 9.17) is 0 Å². The fraction of sp³-hybridized carbons (Fsp3) is 0.273. The SMILES string of the molecule is C=CCN(c1cccc(C)c1)S(C)(=O)=O. The molecule has 0 saturated carbocycles. The van der Waals surface area contributed by atoms with Gasteiger partial charge in [-0.05, 0) is 24.6 Å². The maximum Gasteiger partial charge on any atom is 0.232 e. The quantitative estimate of drug-likeness (QED) is 0.734. The molecule has 0 bridgehead atoms. The Balaban J connectivity index is 3.16. The number of nitrogens with zero attached hydrogens (tertiary/aromatic N) is 1. The van der Waals surface area contributed by atoms with Gasteiger partial charge in [0.05, 0.1) is 18.5 Å². The molecule has 0 N–H and O–H groups in total. The Hall–Kier alpha value is -1.29. The first-order valence-corrected chi connectivity index (χ1v) is 6.45. The molecule has 1 rings (SSSR count). The summed E-state index contributed by atoms with van der Waals surface area (Å²) in [6, 6.07) is 7.38. The summed E-state index contributed by atoms with van der Waals surface area (Å²) in [5, 5.41) is 0. The van der Waals surface area contributed by atoms with Gasteiger partial charge < -0.3 is 0 Å². The van der Waals surface area contributed by atoms with E-state index in [2.05, 4.69) is 6.58 Å². The molecule has 0 radical (unpaired) electrons. The third-order valence-corrected chi connectivity index (χ3v) is 3.15. The molecule has 1 aromatic carbocycles. The van der Waals surface area contributed by atoms with Gasteiger partial charge in [-0.3, -0.25) is 4.31 Å². The lowest BCUT2D eigenvalue weighted by molar-refractivity contribution is 0.598. The van der Waals surface area contributed by atoms with Crippen LogP contribution in [0.5, 0.6) is 0 Å². The summed E-state index contributed by atoms with van der Waals surface area (Å²) in [6.07, 6.45) is 2.77. The molecule has 0 amide bonds. The summed E-state index contributed by atoms with van der Waals surface area (Å²) >= 11 is 0. The summed E-state index contributed by atoms with van der Waals surface area (Å²) in [7, 11) is -3.23. The minimum absolute atomic E-state index is 0.294. The lowest BCUT2D eigenvalue weighted by Crippen LogP contribution is -2.29. The van der Waals surface area contributed by atoms with Crippen LogP contribution in [0.2, 0.25) is 0 Å². The average molecular weight is 225 g/mol. The van der Waals surface area contributed by atoms with E-state index in [1.807, 2.05) is 25.1 Å². The van der Waals surface area contributed by atoms with Gasteiger partial charge in [-0.1, -0.05) is 18.2 Å².